The van der Waals surface area contributed by atoms with Crippen LogP contribution in [0.15, 0.2) is 47.4 Å². The van der Waals surface area contributed by atoms with Gasteiger partial charge in [-0.15, -0.1) is 0 Å². The first-order chi connectivity index (χ1) is 11.4. The van der Waals surface area contributed by atoms with Gasteiger partial charge in [0.15, 0.2) is 0 Å². The van der Waals surface area contributed by atoms with Crippen LogP contribution in [0.1, 0.15) is 21.5 Å². The van der Waals surface area contributed by atoms with Crippen LogP contribution in [-0.2, 0) is 7.05 Å². The average Bonchev–Trinajstić information content (AvgIpc) is 2.53. The molecule has 0 bridgehead atoms. The van der Waals surface area contributed by atoms with E-state index in [1.54, 1.807) is 36.0 Å². The number of aromatic nitrogens is 1. The first-order valence-electron chi connectivity index (χ1n) is 7.54. The lowest BCUT2D eigenvalue weighted by Gasteiger charge is -2.11. The number of benzene rings is 2. The van der Waals surface area contributed by atoms with Crippen LogP contribution in [0.5, 0.6) is 0 Å². The van der Waals surface area contributed by atoms with Gasteiger partial charge in [0.2, 0.25) is 5.43 Å². The maximum absolute atomic E-state index is 12.7. The van der Waals surface area contributed by atoms with Crippen LogP contribution in [0.4, 0.5) is 5.69 Å². The predicted octanol–water partition coefficient (Wildman–Crippen LogP) is 4.06. The molecule has 5 heteroatoms. The monoisotopic (exact) mass is 340 g/mol. The van der Waals surface area contributed by atoms with Gasteiger partial charge in [0.1, 0.15) is 5.56 Å². The Morgan fingerprint density at radius 1 is 1.12 bits per heavy atom. The summed E-state index contributed by atoms with van der Waals surface area (Å²) in [6.07, 6.45) is 1.55. The van der Waals surface area contributed by atoms with Gasteiger partial charge in [0.25, 0.3) is 5.91 Å². The number of fused-ring (bicyclic) bond motifs is 1. The number of hydrogen-bond donors (Lipinski definition) is 1. The second-order valence-electron chi connectivity index (χ2n) is 5.92. The highest BCUT2D eigenvalue weighted by molar-refractivity contribution is 6.31. The number of anilines is 1. The molecule has 0 atom stereocenters. The van der Waals surface area contributed by atoms with Crippen LogP contribution in [0.2, 0.25) is 5.02 Å². The van der Waals surface area contributed by atoms with Crippen molar-refractivity contribution in [3.05, 3.63) is 74.5 Å². The minimum absolute atomic E-state index is 0.0900. The summed E-state index contributed by atoms with van der Waals surface area (Å²) in [5.41, 5.74) is 3.25. The third-order valence-electron chi connectivity index (χ3n) is 4.03. The Morgan fingerprint density at radius 3 is 2.58 bits per heavy atom. The van der Waals surface area contributed by atoms with Crippen LogP contribution in [0.3, 0.4) is 0 Å². The Labute approximate surface area is 144 Å². The SMILES string of the molecule is Cc1ccc(NC(=O)c2cn(C)c3ccc(Cl)cc3c2=O)c(C)c1. The summed E-state index contributed by atoms with van der Waals surface area (Å²) in [7, 11) is 1.80. The van der Waals surface area contributed by atoms with Crippen molar-refractivity contribution in [2.45, 2.75) is 13.8 Å². The van der Waals surface area contributed by atoms with Gasteiger partial charge in [0.05, 0.1) is 5.52 Å². The molecule has 0 aliphatic carbocycles. The molecule has 4 nitrogen and oxygen atoms in total. The number of rotatable bonds is 2. The lowest BCUT2D eigenvalue weighted by atomic mass is 10.1. The summed E-state index contributed by atoms with van der Waals surface area (Å²) in [6.45, 7) is 3.91. The van der Waals surface area contributed by atoms with E-state index in [0.717, 1.165) is 16.6 Å². The lowest BCUT2D eigenvalue weighted by molar-refractivity contribution is 0.102. The predicted molar refractivity (Wildman–Crippen MR) is 98.1 cm³/mol. The van der Waals surface area contributed by atoms with Crippen LogP contribution < -0.4 is 10.7 Å². The third-order valence-corrected chi connectivity index (χ3v) is 4.26. The number of amides is 1. The lowest BCUT2D eigenvalue weighted by Crippen LogP contribution is -2.23. The molecule has 0 saturated heterocycles. The normalized spacial score (nSPS) is 10.8. The quantitative estimate of drug-likeness (QED) is 0.764. The minimum Gasteiger partial charge on any atom is -0.350 e. The number of carbonyl (C=O) groups is 1. The molecule has 0 fully saturated rings. The summed E-state index contributed by atoms with van der Waals surface area (Å²) in [5.74, 6) is -0.426. The number of hydrogen-bond acceptors (Lipinski definition) is 2. The fraction of sp³-hybridized carbons (Fsp3) is 0.158. The van der Waals surface area contributed by atoms with E-state index in [9.17, 15) is 9.59 Å². The van der Waals surface area contributed by atoms with Crippen LogP contribution >= 0.6 is 11.6 Å². The fourth-order valence-corrected chi connectivity index (χ4v) is 2.94. The Kier molecular flexibility index (Phi) is 4.16. The first kappa shape index (κ1) is 16.3. The molecule has 0 radical (unpaired) electrons. The van der Waals surface area contributed by atoms with Gasteiger partial charge < -0.3 is 9.88 Å². The summed E-state index contributed by atoms with van der Waals surface area (Å²) in [6, 6.07) is 10.8. The first-order valence-corrected chi connectivity index (χ1v) is 7.92. The molecule has 3 aromatic rings. The standard InChI is InChI=1S/C19H17ClN2O2/c1-11-4-6-16(12(2)8-11)21-19(24)15-10-22(3)17-7-5-13(20)9-14(17)18(15)23/h4-10H,1-3H3,(H,21,24). The van der Waals surface area contributed by atoms with E-state index in [1.807, 2.05) is 32.0 Å². The zero-order valence-electron chi connectivity index (χ0n) is 13.7. The number of aryl methyl sites for hydroxylation is 3. The average molecular weight is 341 g/mol. The minimum atomic E-state index is -0.426. The number of pyridine rings is 1. The molecule has 1 aromatic heterocycles. The molecule has 1 N–H and O–H groups in total. The van der Waals surface area contributed by atoms with Crippen molar-refractivity contribution in [3.63, 3.8) is 0 Å². The highest BCUT2D eigenvalue weighted by Crippen LogP contribution is 2.19. The second kappa shape index (κ2) is 6.13. The van der Waals surface area contributed by atoms with Crippen LogP contribution in [-0.4, -0.2) is 10.5 Å². The molecule has 1 heterocycles. The van der Waals surface area contributed by atoms with Crippen molar-refractivity contribution >= 4 is 34.1 Å². The number of halogens is 1. The molecule has 2 aromatic carbocycles. The summed E-state index contributed by atoms with van der Waals surface area (Å²) >= 11 is 5.99. The Bertz CT molecular complexity index is 1020. The maximum atomic E-state index is 12.7. The Balaban J connectivity index is 2.07. The molecular formula is C19H17ClN2O2. The topological polar surface area (TPSA) is 51.1 Å². The van der Waals surface area contributed by atoms with Gasteiger partial charge in [-0.25, -0.2) is 0 Å². The van der Waals surface area contributed by atoms with E-state index in [4.69, 9.17) is 11.6 Å². The molecular weight excluding hydrogens is 324 g/mol. The fourth-order valence-electron chi connectivity index (χ4n) is 2.77. The molecule has 0 saturated carbocycles. The molecule has 0 aliphatic rings. The molecule has 1 amide bonds. The summed E-state index contributed by atoms with van der Waals surface area (Å²) in [4.78, 5) is 25.3. The molecule has 24 heavy (non-hydrogen) atoms. The van der Waals surface area contributed by atoms with E-state index in [2.05, 4.69) is 5.32 Å². The van der Waals surface area contributed by atoms with Gasteiger partial charge in [-0.2, -0.15) is 0 Å². The highest BCUT2D eigenvalue weighted by Gasteiger charge is 2.15. The second-order valence-corrected chi connectivity index (χ2v) is 6.35. The van der Waals surface area contributed by atoms with Gasteiger partial charge >= 0.3 is 0 Å². The smallest absolute Gasteiger partial charge is 0.261 e. The molecule has 122 valence electrons. The zero-order chi connectivity index (χ0) is 17.4. The molecule has 0 unspecified atom stereocenters. The van der Waals surface area contributed by atoms with Gasteiger partial charge in [-0.05, 0) is 43.7 Å². The number of nitrogens with zero attached hydrogens (tertiary/aromatic N) is 1. The Hall–Kier alpha value is -2.59. The van der Waals surface area contributed by atoms with Crippen molar-refractivity contribution < 1.29 is 4.79 Å². The summed E-state index contributed by atoms with van der Waals surface area (Å²) in [5, 5.41) is 3.71. The van der Waals surface area contributed by atoms with Crippen LogP contribution in [0.25, 0.3) is 10.9 Å². The van der Waals surface area contributed by atoms with Crippen molar-refractivity contribution in [1.29, 1.82) is 0 Å². The molecule has 0 spiro atoms. The van der Waals surface area contributed by atoms with E-state index in [0.29, 0.717) is 16.1 Å². The van der Waals surface area contributed by atoms with Gasteiger partial charge in [-0.3, -0.25) is 9.59 Å². The van der Waals surface area contributed by atoms with E-state index in [-0.39, 0.29) is 11.0 Å². The van der Waals surface area contributed by atoms with E-state index >= 15 is 0 Å². The largest absolute Gasteiger partial charge is 0.350 e. The third kappa shape index (κ3) is 2.93. The van der Waals surface area contributed by atoms with Gasteiger partial charge in [-0.1, -0.05) is 29.3 Å². The molecule has 3 rings (SSSR count). The zero-order valence-corrected chi connectivity index (χ0v) is 14.4. The van der Waals surface area contributed by atoms with Crippen molar-refractivity contribution in [2.75, 3.05) is 5.32 Å². The summed E-state index contributed by atoms with van der Waals surface area (Å²) < 4.78 is 1.75. The Morgan fingerprint density at radius 2 is 1.88 bits per heavy atom. The van der Waals surface area contributed by atoms with Crippen molar-refractivity contribution in [2.24, 2.45) is 7.05 Å². The van der Waals surface area contributed by atoms with Gasteiger partial charge in [0, 0.05) is 29.3 Å². The van der Waals surface area contributed by atoms with Crippen molar-refractivity contribution in [1.82, 2.24) is 4.57 Å². The maximum Gasteiger partial charge on any atom is 0.261 e. The van der Waals surface area contributed by atoms with E-state index in [1.165, 1.54) is 0 Å². The number of carbonyl (C=O) groups excluding carboxylic acids is 1. The number of nitrogens with one attached hydrogen (secondary N) is 1. The van der Waals surface area contributed by atoms with E-state index < -0.39 is 5.91 Å². The van der Waals surface area contributed by atoms with Crippen LogP contribution in [0, 0.1) is 13.8 Å². The van der Waals surface area contributed by atoms with Crippen molar-refractivity contribution in [3.8, 4) is 0 Å². The highest BCUT2D eigenvalue weighted by atomic mass is 35.5. The molecule has 0 aliphatic heterocycles.